The standard InChI is InChI=1S/C16H18N2O3S2/c19-15(20)13-7-12-1-6-21-16(14(12)23-13)2-4-18(5-3-16)9-11-8-17-22-10-11/h7-8,10H,1-6,9H2,(H,19,20). The summed E-state index contributed by atoms with van der Waals surface area (Å²) >= 11 is 2.89. The number of carboxylic acid groups (broad SMARTS) is 1. The van der Waals surface area contributed by atoms with Crippen molar-refractivity contribution in [2.24, 2.45) is 0 Å². The van der Waals surface area contributed by atoms with E-state index < -0.39 is 5.97 Å². The van der Waals surface area contributed by atoms with Gasteiger partial charge in [-0.3, -0.25) is 4.90 Å². The number of nitrogens with zero attached hydrogens (tertiary/aromatic N) is 2. The van der Waals surface area contributed by atoms with Gasteiger partial charge in [0.25, 0.3) is 0 Å². The topological polar surface area (TPSA) is 62.7 Å². The summed E-state index contributed by atoms with van der Waals surface area (Å²) in [5.41, 5.74) is 2.17. The lowest BCUT2D eigenvalue weighted by Crippen LogP contribution is -2.45. The monoisotopic (exact) mass is 350 g/mol. The van der Waals surface area contributed by atoms with Crippen LogP contribution in [0.3, 0.4) is 0 Å². The van der Waals surface area contributed by atoms with Gasteiger partial charge in [-0.05, 0) is 48.0 Å². The fraction of sp³-hybridized carbons (Fsp3) is 0.500. The predicted octanol–water partition coefficient (Wildman–Crippen LogP) is 2.97. The fourth-order valence-corrected chi connectivity index (χ4v) is 5.31. The van der Waals surface area contributed by atoms with Crippen molar-refractivity contribution in [2.45, 2.75) is 31.4 Å². The van der Waals surface area contributed by atoms with Gasteiger partial charge in [0, 0.05) is 36.1 Å². The lowest BCUT2D eigenvalue weighted by Gasteiger charge is -2.43. The number of carbonyl (C=O) groups is 1. The molecule has 0 atom stereocenters. The maximum absolute atomic E-state index is 11.3. The molecule has 0 saturated carbocycles. The first-order valence-corrected chi connectivity index (χ1v) is 9.43. The summed E-state index contributed by atoms with van der Waals surface area (Å²) in [7, 11) is 0. The van der Waals surface area contributed by atoms with E-state index in [0.717, 1.165) is 43.8 Å². The summed E-state index contributed by atoms with van der Waals surface area (Å²) in [6, 6.07) is 1.84. The normalized spacial score (nSPS) is 20.5. The zero-order valence-electron chi connectivity index (χ0n) is 12.7. The molecule has 0 amide bonds. The molecule has 23 heavy (non-hydrogen) atoms. The molecule has 1 fully saturated rings. The van der Waals surface area contributed by atoms with E-state index in [0.29, 0.717) is 11.5 Å². The maximum atomic E-state index is 11.3. The fourth-order valence-electron chi connectivity index (χ4n) is 3.53. The van der Waals surface area contributed by atoms with E-state index in [4.69, 9.17) is 4.74 Å². The van der Waals surface area contributed by atoms with Gasteiger partial charge in [0.05, 0.1) is 6.61 Å². The van der Waals surface area contributed by atoms with Crippen LogP contribution in [0.2, 0.25) is 0 Å². The van der Waals surface area contributed by atoms with Gasteiger partial charge >= 0.3 is 5.97 Å². The van der Waals surface area contributed by atoms with Crippen molar-refractivity contribution in [1.29, 1.82) is 0 Å². The molecule has 4 rings (SSSR count). The number of carboxylic acids is 1. The van der Waals surface area contributed by atoms with Crippen LogP contribution in [-0.4, -0.2) is 40.0 Å². The Morgan fingerprint density at radius 1 is 1.43 bits per heavy atom. The molecule has 2 aliphatic rings. The number of hydrogen-bond donors (Lipinski definition) is 1. The molecule has 1 spiro atoms. The van der Waals surface area contributed by atoms with E-state index in [1.807, 2.05) is 12.3 Å². The van der Waals surface area contributed by atoms with Crippen molar-refractivity contribution in [1.82, 2.24) is 9.27 Å². The zero-order chi connectivity index (χ0) is 15.9. The first kappa shape index (κ1) is 15.3. The second-order valence-electron chi connectivity index (χ2n) is 6.17. The van der Waals surface area contributed by atoms with Crippen LogP contribution in [-0.2, 0) is 23.3 Å². The molecule has 0 bridgehead atoms. The van der Waals surface area contributed by atoms with Gasteiger partial charge < -0.3 is 9.84 Å². The van der Waals surface area contributed by atoms with Gasteiger partial charge in [0.1, 0.15) is 10.5 Å². The van der Waals surface area contributed by atoms with E-state index in [1.54, 1.807) is 0 Å². The first-order valence-electron chi connectivity index (χ1n) is 7.77. The van der Waals surface area contributed by atoms with Crippen LogP contribution in [0.25, 0.3) is 0 Å². The van der Waals surface area contributed by atoms with Gasteiger partial charge in [-0.25, -0.2) is 9.17 Å². The summed E-state index contributed by atoms with van der Waals surface area (Å²) in [5.74, 6) is -0.832. The first-order chi connectivity index (χ1) is 11.2. The Morgan fingerprint density at radius 3 is 2.96 bits per heavy atom. The largest absolute Gasteiger partial charge is 0.477 e. The minimum Gasteiger partial charge on any atom is -0.477 e. The van der Waals surface area contributed by atoms with Crippen molar-refractivity contribution < 1.29 is 14.6 Å². The zero-order valence-corrected chi connectivity index (χ0v) is 14.3. The number of thiophene rings is 1. The smallest absolute Gasteiger partial charge is 0.345 e. The number of hydrogen-bond acceptors (Lipinski definition) is 6. The minimum absolute atomic E-state index is 0.269. The average molecular weight is 350 g/mol. The molecular weight excluding hydrogens is 332 g/mol. The van der Waals surface area contributed by atoms with E-state index in [1.165, 1.54) is 34.0 Å². The molecular formula is C16H18N2O3S2. The molecule has 2 aliphatic heterocycles. The molecule has 2 aromatic rings. The average Bonchev–Trinajstić information content (AvgIpc) is 3.20. The molecule has 1 saturated heterocycles. The lowest BCUT2D eigenvalue weighted by atomic mass is 9.85. The van der Waals surface area contributed by atoms with E-state index in [-0.39, 0.29) is 5.60 Å². The number of aromatic nitrogens is 1. The van der Waals surface area contributed by atoms with Crippen LogP contribution < -0.4 is 0 Å². The number of rotatable bonds is 3. The molecule has 1 N–H and O–H groups in total. The Labute approximate surface area is 142 Å². The van der Waals surface area contributed by atoms with Crippen LogP contribution >= 0.6 is 22.9 Å². The third-order valence-corrected chi connectivity index (χ3v) is 6.72. The van der Waals surface area contributed by atoms with Crippen molar-refractivity contribution in [2.75, 3.05) is 19.7 Å². The molecule has 0 radical (unpaired) electrons. The predicted molar refractivity (Wildman–Crippen MR) is 89.2 cm³/mol. The van der Waals surface area contributed by atoms with Gasteiger partial charge in [-0.1, -0.05) is 0 Å². The molecule has 0 unspecified atom stereocenters. The van der Waals surface area contributed by atoms with Crippen LogP contribution in [0.1, 0.15) is 38.5 Å². The Hall–Kier alpha value is -1.28. The molecule has 0 aliphatic carbocycles. The van der Waals surface area contributed by atoms with Gasteiger partial charge in [0.15, 0.2) is 0 Å². The highest BCUT2D eigenvalue weighted by Gasteiger charge is 2.42. The lowest BCUT2D eigenvalue weighted by molar-refractivity contribution is -0.0960. The maximum Gasteiger partial charge on any atom is 0.345 e. The molecule has 2 aromatic heterocycles. The van der Waals surface area contributed by atoms with Gasteiger partial charge in [-0.15, -0.1) is 11.3 Å². The summed E-state index contributed by atoms with van der Waals surface area (Å²) in [6.07, 6.45) is 4.61. The molecule has 4 heterocycles. The third-order valence-electron chi connectivity index (χ3n) is 4.74. The molecule has 7 heteroatoms. The van der Waals surface area contributed by atoms with E-state index in [9.17, 15) is 9.90 Å². The number of ether oxygens (including phenoxy) is 1. The number of aromatic carboxylic acids is 1. The van der Waals surface area contributed by atoms with Crippen molar-refractivity contribution >= 4 is 28.8 Å². The second kappa shape index (κ2) is 5.98. The molecule has 5 nitrogen and oxygen atoms in total. The van der Waals surface area contributed by atoms with Gasteiger partial charge in [-0.2, -0.15) is 0 Å². The minimum atomic E-state index is -0.832. The van der Waals surface area contributed by atoms with E-state index in [2.05, 4.69) is 14.7 Å². The number of likely N-dealkylation sites (tertiary alicyclic amines) is 1. The molecule has 0 aromatic carbocycles. The van der Waals surface area contributed by atoms with Crippen molar-refractivity contribution in [3.8, 4) is 0 Å². The van der Waals surface area contributed by atoms with Crippen molar-refractivity contribution in [3.05, 3.63) is 38.5 Å². The third kappa shape index (κ3) is 2.82. The summed E-state index contributed by atoms with van der Waals surface area (Å²) < 4.78 is 10.3. The Balaban J connectivity index is 1.52. The van der Waals surface area contributed by atoms with Crippen LogP contribution in [0, 0.1) is 0 Å². The molecule has 122 valence electrons. The van der Waals surface area contributed by atoms with E-state index >= 15 is 0 Å². The summed E-state index contributed by atoms with van der Waals surface area (Å²) in [5, 5.41) is 11.4. The highest BCUT2D eigenvalue weighted by Crippen LogP contribution is 2.45. The highest BCUT2D eigenvalue weighted by atomic mass is 32.1. The Kier molecular flexibility index (Phi) is 3.96. The Bertz CT molecular complexity index is 703. The van der Waals surface area contributed by atoms with Crippen LogP contribution in [0.15, 0.2) is 17.6 Å². The second-order valence-corrected chi connectivity index (χ2v) is 7.88. The van der Waals surface area contributed by atoms with Gasteiger partial charge in [0.2, 0.25) is 0 Å². The van der Waals surface area contributed by atoms with Crippen molar-refractivity contribution in [3.63, 3.8) is 0 Å². The van der Waals surface area contributed by atoms with Crippen LogP contribution in [0.4, 0.5) is 0 Å². The Morgan fingerprint density at radius 2 is 2.26 bits per heavy atom. The number of fused-ring (bicyclic) bond motifs is 2. The quantitative estimate of drug-likeness (QED) is 0.922. The summed E-state index contributed by atoms with van der Waals surface area (Å²) in [4.78, 5) is 15.3. The van der Waals surface area contributed by atoms with Crippen LogP contribution in [0.5, 0.6) is 0 Å². The SMILES string of the molecule is O=C(O)c1cc2c(s1)C1(CCN(Cc3cnsc3)CC1)OCC2. The number of piperidine rings is 1. The summed E-state index contributed by atoms with van der Waals surface area (Å²) in [6.45, 7) is 3.56. The highest BCUT2D eigenvalue weighted by molar-refractivity contribution is 7.14.